The van der Waals surface area contributed by atoms with Gasteiger partial charge in [0.05, 0.1) is 11.9 Å². The van der Waals surface area contributed by atoms with Crippen molar-refractivity contribution < 1.29 is 0 Å². The average molecular weight is 295 g/mol. The van der Waals surface area contributed by atoms with Crippen LogP contribution in [0.2, 0.25) is 0 Å². The second-order valence-corrected chi connectivity index (χ2v) is 4.76. The zero-order valence-corrected chi connectivity index (χ0v) is 11.1. The third-order valence-electron chi connectivity index (χ3n) is 2.56. The lowest BCUT2D eigenvalue weighted by Crippen LogP contribution is -2.05. The molecule has 0 bridgehead atoms. The second-order valence-electron chi connectivity index (χ2n) is 3.85. The van der Waals surface area contributed by atoms with Gasteiger partial charge in [-0.15, -0.1) is 5.10 Å². The number of nitrogens with zero attached hydrogens (tertiary/aromatic N) is 3. The fraction of sp³-hybridized carbons (Fsp3) is 0.333. The molecule has 1 heterocycles. The summed E-state index contributed by atoms with van der Waals surface area (Å²) in [5.41, 5.74) is 7.65. The Bertz CT molecular complexity index is 481. The van der Waals surface area contributed by atoms with Crippen molar-refractivity contribution >= 4 is 15.9 Å². The number of aryl methyl sites for hydroxylation is 1. The normalized spacial score (nSPS) is 10.7. The fourth-order valence-electron chi connectivity index (χ4n) is 1.70. The van der Waals surface area contributed by atoms with Crippen LogP contribution in [0.5, 0.6) is 0 Å². The van der Waals surface area contributed by atoms with Crippen LogP contribution in [0, 0.1) is 0 Å². The molecule has 1 aromatic carbocycles. The maximum atomic E-state index is 5.49. The SMILES string of the molecule is NCCCCn1nncc1-c1cccc(Br)c1. The summed E-state index contributed by atoms with van der Waals surface area (Å²) < 4.78 is 2.99. The molecule has 0 atom stereocenters. The number of hydrogen-bond donors (Lipinski definition) is 1. The second kappa shape index (κ2) is 5.93. The third-order valence-corrected chi connectivity index (χ3v) is 3.06. The Balaban J connectivity index is 2.18. The van der Waals surface area contributed by atoms with E-state index in [4.69, 9.17) is 5.73 Å². The van der Waals surface area contributed by atoms with E-state index in [9.17, 15) is 0 Å². The summed E-state index contributed by atoms with van der Waals surface area (Å²) in [6.07, 6.45) is 3.84. The number of rotatable bonds is 5. The van der Waals surface area contributed by atoms with Crippen molar-refractivity contribution in [2.75, 3.05) is 6.54 Å². The van der Waals surface area contributed by atoms with Gasteiger partial charge in [0, 0.05) is 16.6 Å². The van der Waals surface area contributed by atoms with Gasteiger partial charge in [0.2, 0.25) is 0 Å². The van der Waals surface area contributed by atoms with Gasteiger partial charge in [-0.2, -0.15) is 0 Å². The zero-order valence-electron chi connectivity index (χ0n) is 9.51. The molecule has 0 saturated carbocycles. The van der Waals surface area contributed by atoms with Crippen molar-refractivity contribution in [2.45, 2.75) is 19.4 Å². The van der Waals surface area contributed by atoms with Gasteiger partial charge < -0.3 is 5.73 Å². The minimum Gasteiger partial charge on any atom is -0.330 e. The molecular formula is C12H15BrN4. The number of hydrogen-bond acceptors (Lipinski definition) is 3. The van der Waals surface area contributed by atoms with E-state index < -0.39 is 0 Å². The zero-order chi connectivity index (χ0) is 12.1. The summed E-state index contributed by atoms with van der Waals surface area (Å²) in [5.74, 6) is 0. The Morgan fingerprint density at radius 2 is 2.18 bits per heavy atom. The number of aromatic nitrogens is 3. The van der Waals surface area contributed by atoms with Crippen LogP contribution in [0.1, 0.15) is 12.8 Å². The monoisotopic (exact) mass is 294 g/mol. The van der Waals surface area contributed by atoms with E-state index in [1.54, 1.807) is 6.20 Å². The standard InChI is InChI=1S/C12H15BrN4/c13-11-5-3-4-10(8-11)12-9-15-16-17(12)7-2-1-6-14/h3-5,8-9H,1-2,6-7,14H2. The van der Waals surface area contributed by atoms with Crippen molar-refractivity contribution in [1.82, 2.24) is 15.0 Å². The van der Waals surface area contributed by atoms with Gasteiger partial charge in [0.15, 0.2) is 0 Å². The Morgan fingerprint density at radius 1 is 1.29 bits per heavy atom. The third kappa shape index (κ3) is 3.14. The molecule has 2 N–H and O–H groups in total. The summed E-state index contributed by atoms with van der Waals surface area (Å²) in [7, 11) is 0. The van der Waals surface area contributed by atoms with E-state index in [2.05, 4.69) is 38.4 Å². The summed E-state index contributed by atoms with van der Waals surface area (Å²) in [6, 6.07) is 8.14. The van der Waals surface area contributed by atoms with Gasteiger partial charge in [-0.3, -0.25) is 0 Å². The first kappa shape index (κ1) is 12.3. The molecule has 0 saturated heterocycles. The number of nitrogens with two attached hydrogens (primary N) is 1. The van der Waals surface area contributed by atoms with E-state index in [1.807, 2.05) is 16.8 Å². The molecular weight excluding hydrogens is 280 g/mol. The Morgan fingerprint density at radius 3 is 2.94 bits per heavy atom. The number of benzene rings is 1. The van der Waals surface area contributed by atoms with E-state index in [0.29, 0.717) is 0 Å². The van der Waals surface area contributed by atoms with Crippen molar-refractivity contribution in [1.29, 1.82) is 0 Å². The van der Waals surface area contributed by atoms with Gasteiger partial charge >= 0.3 is 0 Å². The Hall–Kier alpha value is -1.20. The average Bonchev–Trinajstić information content (AvgIpc) is 2.78. The first-order valence-corrected chi connectivity index (χ1v) is 6.45. The van der Waals surface area contributed by atoms with Gasteiger partial charge in [-0.1, -0.05) is 33.3 Å². The summed E-state index contributed by atoms with van der Waals surface area (Å²) in [4.78, 5) is 0. The van der Waals surface area contributed by atoms with E-state index in [1.165, 1.54) is 0 Å². The first-order chi connectivity index (χ1) is 8.31. The molecule has 0 unspecified atom stereocenters. The molecule has 0 aliphatic rings. The van der Waals surface area contributed by atoms with Crippen molar-refractivity contribution in [2.24, 2.45) is 5.73 Å². The van der Waals surface area contributed by atoms with Crippen molar-refractivity contribution in [3.8, 4) is 11.3 Å². The van der Waals surface area contributed by atoms with Crippen LogP contribution in [0.25, 0.3) is 11.3 Å². The Kier molecular flexibility index (Phi) is 4.28. The molecule has 90 valence electrons. The van der Waals surface area contributed by atoms with E-state index in [-0.39, 0.29) is 0 Å². The molecule has 0 amide bonds. The summed E-state index contributed by atoms with van der Waals surface area (Å²) >= 11 is 3.47. The molecule has 1 aromatic heterocycles. The molecule has 4 nitrogen and oxygen atoms in total. The Labute approximate surface area is 109 Å². The van der Waals surface area contributed by atoms with Crippen LogP contribution < -0.4 is 5.73 Å². The minimum absolute atomic E-state index is 0.723. The fourth-order valence-corrected chi connectivity index (χ4v) is 2.10. The van der Waals surface area contributed by atoms with E-state index >= 15 is 0 Å². The van der Waals surface area contributed by atoms with Crippen molar-refractivity contribution in [3.05, 3.63) is 34.9 Å². The molecule has 2 rings (SSSR count). The molecule has 0 aliphatic heterocycles. The molecule has 0 aliphatic carbocycles. The summed E-state index contributed by atoms with van der Waals surface area (Å²) in [6.45, 7) is 1.58. The minimum atomic E-state index is 0.723. The highest BCUT2D eigenvalue weighted by atomic mass is 79.9. The largest absolute Gasteiger partial charge is 0.330 e. The van der Waals surface area contributed by atoms with E-state index in [0.717, 1.165) is 41.7 Å². The lowest BCUT2D eigenvalue weighted by atomic mass is 10.1. The first-order valence-electron chi connectivity index (χ1n) is 5.66. The lowest BCUT2D eigenvalue weighted by Gasteiger charge is -2.06. The predicted octanol–water partition coefficient (Wildman–Crippen LogP) is 2.45. The maximum Gasteiger partial charge on any atom is 0.0885 e. The molecule has 0 fully saturated rings. The molecule has 5 heteroatoms. The summed E-state index contributed by atoms with van der Waals surface area (Å²) in [5, 5.41) is 8.08. The maximum absolute atomic E-state index is 5.49. The molecule has 0 radical (unpaired) electrons. The molecule has 2 aromatic rings. The smallest absolute Gasteiger partial charge is 0.0885 e. The van der Waals surface area contributed by atoms with Crippen LogP contribution in [-0.2, 0) is 6.54 Å². The lowest BCUT2D eigenvalue weighted by molar-refractivity contribution is 0.549. The van der Waals surface area contributed by atoms with Gasteiger partial charge in [-0.25, -0.2) is 4.68 Å². The quantitative estimate of drug-likeness (QED) is 0.862. The van der Waals surface area contributed by atoms with Gasteiger partial charge in [0.1, 0.15) is 0 Å². The highest BCUT2D eigenvalue weighted by Gasteiger charge is 2.06. The van der Waals surface area contributed by atoms with Crippen LogP contribution in [0.15, 0.2) is 34.9 Å². The number of unbranched alkanes of at least 4 members (excludes halogenated alkanes) is 1. The van der Waals surface area contributed by atoms with Crippen LogP contribution in [0.4, 0.5) is 0 Å². The van der Waals surface area contributed by atoms with Crippen LogP contribution >= 0.6 is 15.9 Å². The number of halogens is 1. The highest BCUT2D eigenvalue weighted by molar-refractivity contribution is 9.10. The van der Waals surface area contributed by atoms with Gasteiger partial charge in [-0.05, 0) is 31.5 Å². The molecule has 0 spiro atoms. The van der Waals surface area contributed by atoms with Crippen LogP contribution in [0.3, 0.4) is 0 Å². The van der Waals surface area contributed by atoms with Crippen molar-refractivity contribution in [3.63, 3.8) is 0 Å². The predicted molar refractivity (Wildman–Crippen MR) is 71.4 cm³/mol. The van der Waals surface area contributed by atoms with Gasteiger partial charge in [0.25, 0.3) is 0 Å². The topological polar surface area (TPSA) is 56.7 Å². The highest BCUT2D eigenvalue weighted by Crippen LogP contribution is 2.22. The molecule has 17 heavy (non-hydrogen) atoms. The van der Waals surface area contributed by atoms with Crippen LogP contribution in [-0.4, -0.2) is 21.5 Å².